The van der Waals surface area contributed by atoms with Crippen LogP contribution in [0, 0.1) is 5.82 Å². The number of alkyl halides is 3. The highest BCUT2D eigenvalue weighted by Crippen LogP contribution is 2.33. The van der Waals surface area contributed by atoms with Gasteiger partial charge in [-0.2, -0.15) is 13.2 Å². The number of hydrogen-bond acceptors (Lipinski definition) is 5. The molecule has 1 aromatic carbocycles. The van der Waals surface area contributed by atoms with E-state index < -0.39 is 27.8 Å². The first-order valence-electron chi connectivity index (χ1n) is 7.80. The molecule has 1 saturated heterocycles. The quantitative estimate of drug-likeness (QED) is 0.812. The summed E-state index contributed by atoms with van der Waals surface area (Å²) in [5.41, 5.74) is -0.126. The maximum atomic E-state index is 13.4. The van der Waals surface area contributed by atoms with E-state index >= 15 is 0 Å². The van der Waals surface area contributed by atoms with Crippen LogP contribution < -0.4 is 9.62 Å². The molecule has 0 radical (unpaired) electrons. The molecule has 142 valence electrons. The number of anilines is 1. The summed E-state index contributed by atoms with van der Waals surface area (Å²) in [5.74, 6) is -1.95. The van der Waals surface area contributed by atoms with Gasteiger partial charge in [-0.1, -0.05) is 0 Å². The molecule has 1 aliphatic rings. The third-order valence-electron chi connectivity index (χ3n) is 4.07. The van der Waals surface area contributed by atoms with Crippen LogP contribution in [0.15, 0.2) is 18.2 Å². The van der Waals surface area contributed by atoms with Crippen molar-refractivity contribution in [1.82, 2.24) is 14.7 Å². The maximum Gasteiger partial charge on any atom is 0.451 e. The molecule has 1 aromatic heterocycles. The summed E-state index contributed by atoms with van der Waals surface area (Å²) in [6.07, 6.45) is -2.87. The summed E-state index contributed by atoms with van der Waals surface area (Å²) in [6, 6.07) is 3.14. The Morgan fingerprint density at radius 3 is 2.42 bits per heavy atom. The Balaban J connectivity index is 1.94. The minimum atomic E-state index is -4.76. The highest BCUT2D eigenvalue weighted by Gasteiger charge is 2.36. The van der Waals surface area contributed by atoms with Gasteiger partial charge < -0.3 is 4.90 Å². The second-order valence-corrected chi connectivity index (χ2v) is 7.96. The van der Waals surface area contributed by atoms with Crippen LogP contribution in [-0.4, -0.2) is 43.8 Å². The summed E-state index contributed by atoms with van der Waals surface area (Å²) >= 11 is 0. The van der Waals surface area contributed by atoms with Crippen molar-refractivity contribution in [2.75, 3.05) is 24.2 Å². The fraction of sp³-hybridized carbons (Fsp3) is 0.467. The van der Waals surface area contributed by atoms with E-state index in [1.54, 1.807) is 4.90 Å². The molecule has 0 atom stereocenters. The van der Waals surface area contributed by atoms with Gasteiger partial charge in [0.2, 0.25) is 15.8 Å². The molecule has 0 amide bonds. The van der Waals surface area contributed by atoms with E-state index in [1.165, 1.54) is 6.07 Å². The van der Waals surface area contributed by atoms with Crippen molar-refractivity contribution < 1.29 is 26.0 Å². The van der Waals surface area contributed by atoms with Gasteiger partial charge in [-0.25, -0.2) is 27.5 Å². The van der Waals surface area contributed by atoms with Crippen LogP contribution in [-0.2, 0) is 16.2 Å². The van der Waals surface area contributed by atoms with E-state index in [-0.39, 0.29) is 17.4 Å². The maximum absolute atomic E-state index is 13.4. The fourth-order valence-corrected chi connectivity index (χ4v) is 3.81. The molecule has 0 aliphatic carbocycles. The van der Waals surface area contributed by atoms with E-state index in [1.807, 2.05) is 0 Å². The lowest BCUT2D eigenvalue weighted by atomic mass is 10.1. The Hall–Kier alpha value is -2.01. The molecular formula is C15H16F4N4O2S. The predicted octanol–water partition coefficient (Wildman–Crippen LogP) is 2.31. The third-order valence-corrected chi connectivity index (χ3v) is 4.83. The lowest BCUT2D eigenvalue weighted by Gasteiger charge is -2.33. The number of rotatable bonds is 3. The average Bonchev–Trinajstić information content (AvgIpc) is 2.52. The monoisotopic (exact) mass is 392 g/mol. The Morgan fingerprint density at radius 1 is 1.19 bits per heavy atom. The fourth-order valence-electron chi connectivity index (χ4n) is 2.97. The normalized spacial score (nSPS) is 17.0. The number of sulfonamides is 1. The van der Waals surface area contributed by atoms with Crippen molar-refractivity contribution in [3.63, 3.8) is 0 Å². The van der Waals surface area contributed by atoms with Gasteiger partial charge in [0, 0.05) is 30.6 Å². The molecule has 2 heterocycles. The number of piperidine rings is 1. The molecule has 1 N–H and O–H groups in total. The summed E-state index contributed by atoms with van der Waals surface area (Å²) in [5, 5.41) is 0.314. The van der Waals surface area contributed by atoms with E-state index in [0.717, 1.165) is 18.4 Å². The molecule has 0 saturated carbocycles. The zero-order valence-corrected chi connectivity index (χ0v) is 14.5. The Morgan fingerprint density at radius 2 is 1.85 bits per heavy atom. The topological polar surface area (TPSA) is 75.2 Å². The molecule has 3 rings (SSSR count). The average molecular weight is 392 g/mol. The smallest absolute Gasteiger partial charge is 0.356 e. The van der Waals surface area contributed by atoms with Crippen molar-refractivity contribution >= 4 is 26.7 Å². The summed E-state index contributed by atoms with van der Waals surface area (Å²) in [7, 11) is -3.36. The molecule has 2 aromatic rings. The number of fused-ring (bicyclic) bond motifs is 1. The van der Waals surface area contributed by atoms with Gasteiger partial charge >= 0.3 is 6.18 Å². The summed E-state index contributed by atoms with van der Waals surface area (Å²) in [4.78, 5) is 8.72. The van der Waals surface area contributed by atoms with Crippen molar-refractivity contribution in [3.8, 4) is 0 Å². The molecule has 26 heavy (non-hydrogen) atoms. The third kappa shape index (κ3) is 4.21. The molecule has 1 aliphatic heterocycles. The number of hydrogen-bond donors (Lipinski definition) is 1. The second-order valence-electron chi connectivity index (χ2n) is 6.18. The molecule has 0 unspecified atom stereocenters. The van der Waals surface area contributed by atoms with Crippen LogP contribution in [0.3, 0.4) is 0 Å². The zero-order chi connectivity index (χ0) is 19.1. The van der Waals surface area contributed by atoms with Gasteiger partial charge in [-0.15, -0.1) is 0 Å². The Kier molecular flexibility index (Phi) is 4.78. The number of nitrogens with one attached hydrogen (secondary N) is 1. The lowest BCUT2D eigenvalue weighted by molar-refractivity contribution is -0.144. The minimum Gasteiger partial charge on any atom is -0.356 e. The molecule has 6 nitrogen and oxygen atoms in total. The first-order chi connectivity index (χ1) is 12.0. The first kappa shape index (κ1) is 18.8. The number of benzene rings is 1. The van der Waals surface area contributed by atoms with Crippen molar-refractivity contribution in [2.24, 2.45) is 0 Å². The van der Waals surface area contributed by atoms with E-state index in [4.69, 9.17) is 0 Å². The van der Waals surface area contributed by atoms with Gasteiger partial charge in [-0.3, -0.25) is 0 Å². The van der Waals surface area contributed by atoms with Crippen LogP contribution in [0.5, 0.6) is 0 Å². The molecule has 1 fully saturated rings. The predicted molar refractivity (Wildman–Crippen MR) is 87.7 cm³/mol. The van der Waals surface area contributed by atoms with E-state index in [2.05, 4.69) is 14.7 Å². The molecule has 0 spiro atoms. The van der Waals surface area contributed by atoms with Crippen LogP contribution in [0.2, 0.25) is 0 Å². The van der Waals surface area contributed by atoms with Crippen LogP contribution in [0.1, 0.15) is 18.7 Å². The standard InChI is InChI=1S/C15H16F4N4O2S/c1-26(24,25)22-10-4-6-23(7-5-10)13-11-3-2-9(16)8-12(11)20-14(21-13)15(17,18)19/h2-3,8,10,22H,4-7H2,1H3. The second kappa shape index (κ2) is 6.62. The van der Waals surface area contributed by atoms with Crippen LogP contribution in [0.25, 0.3) is 10.9 Å². The minimum absolute atomic E-state index is 0.0696. The lowest BCUT2D eigenvalue weighted by Crippen LogP contribution is -2.44. The van der Waals surface area contributed by atoms with Gasteiger partial charge in [0.1, 0.15) is 11.6 Å². The Labute approximate surface area is 147 Å². The molecule has 11 heteroatoms. The largest absolute Gasteiger partial charge is 0.451 e. The van der Waals surface area contributed by atoms with Gasteiger partial charge in [0.25, 0.3) is 0 Å². The van der Waals surface area contributed by atoms with Crippen LogP contribution >= 0.6 is 0 Å². The van der Waals surface area contributed by atoms with Crippen molar-refractivity contribution in [3.05, 3.63) is 29.8 Å². The number of nitrogens with zero attached hydrogens (tertiary/aromatic N) is 3. The van der Waals surface area contributed by atoms with E-state index in [0.29, 0.717) is 31.3 Å². The highest BCUT2D eigenvalue weighted by atomic mass is 32.2. The van der Waals surface area contributed by atoms with Gasteiger partial charge in [-0.05, 0) is 25.0 Å². The Bertz CT molecular complexity index is 925. The highest BCUT2D eigenvalue weighted by molar-refractivity contribution is 7.88. The SMILES string of the molecule is CS(=O)(=O)NC1CCN(c2nc(C(F)(F)F)nc3cc(F)ccc23)CC1. The first-order valence-corrected chi connectivity index (χ1v) is 9.69. The van der Waals surface area contributed by atoms with Crippen molar-refractivity contribution in [2.45, 2.75) is 25.1 Å². The summed E-state index contributed by atoms with van der Waals surface area (Å²) < 4.78 is 77.8. The summed E-state index contributed by atoms with van der Waals surface area (Å²) in [6.45, 7) is 0.627. The van der Waals surface area contributed by atoms with Gasteiger partial charge in [0.05, 0.1) is 11.8 Å². The zero-order valence-electron chi connectivity index (χ0n) is 13.7. The van der Waals surface area contributed by atoms with Gasteiger partial charge in [0.15, 0.2) is 0 Å². The van der Waals surface area contributed by atoms with Crippen molar-refractivity contribution in [1.29, 1.82) is 0 Å². The number of aromatic nitrogens is 2. The molecule has 0 bridgehead atoms. The van der Waals surface area contributed by atoms with E-state index in [9.17, 15) is 26.0 Å². The van der Waals surface area contributed by atoms with Crippen LogP contribution in [0.4, 0.5) is 23.4 Å². The molecular weight excluding hydrogens is 376 g/mol. The number of halogens is 4.